The van der Waals surface area contributed by atoms with Crippen LogP contribution in [0.1, 0.15) is 27.8 Å². The largest absolute Gasteiger partial charge is 0.0622 e. The number of allylic oxidation sites excluding steroid dienone is 5. The highest BCUT2D eigenvalue weighted by Gasteiger charge is 2.36. The molecule has 6 aromatic carbocycles. The van der Waals surface area contributed by atoms with Crippen LogP contribution in [0.2, 0.25) is 0 Å². The minimum atomic E-state index is 1.25. The van der Waals surface area contributed by atoms with E-state index in [1.165, 1.54) is 77.2 Å². The van der Waals surface area contributed by atoms with Crippen LogP contribution in [0, 0.1) is 0 Å². The first-order valence-electron chi connectivity index (χ1n) is 13.2. The summed E-state index contributed by atoms with van der Waals surface area (Å²) in [5.74, 6) is 0. The topological polar surface area (TPSA) is 0 Å². The molecule has 38 heavy (non-hydrogen) atoms. The fourth-order valence-corrected chi connectivity index (χ4v) is 6.40. The Morgan fingerprint density at radius 3 is 1.53 bits per heavy atom. The van der Waals surface area contributed by atoms with Gasteiger partial charge in [0.15, 0.2) is 0 Å². The van der Waals surface area contributed by atoms with Crippen molar-refractivity contribution in [3.8, 4) is 0 Å². The third kappa shape index (κ3) is 3.04. The zero-order valence-corrected chi connectivity index (χ0v) is 20.9. The molecule has 2 aliphatic rings. The van der Waals surface area contributed by atoms with Gasteiger partial charge in [-0.25, -0.2) is 0 Å². The molecule has 0 unspecified atom stereocenters. The molecule has 0 saturated heterocycles. The molecule has 0 heteroatoms. The van der Waals surface area contributed by atoms with E-state index in [1.807, 2.05) is 0 Å². The molecule has 0 saturated carbocycles. The average molecular weight is 481 g/mol. The molecule has 0 N–H and O–H groups in total. The van der Waals surface area contributed by atoms with Crippen molar-refractivity contribution in [2.45, 2.75) is 0 Å². The second-order valence-corrected chi connectivity index (χ2v) is 10.1. The summed E-state index contributed by atoms with van der Waals surface area (Å²) in [5.41, 5.74) is 13.1. The van der Waals surface area contributed by atoms with Gasteiger partial charge in [0.2, 0.25) is 0 Å². The van der Waals surface area contributed by atoms with Gasteiger partial charge < -0.3 is 0 Å². The molecule has 0 aliphatic heterocycles. The minimum absolute atomic E-state index is 1.25. The number of fused-ring (bicyclic) bond motifs is 5. The van der Waals surface area contributed by atoms with Crippen molar-refractivity contribution in [2.24, 2.45) is 0 Å². The summed E-state index contributed by atoms with van der Waals surface area (Å²) < 4.78 is 0. The second-order valence-electron chi connectivity index (χ2n) is 10.1. The molecule has 6 aromatic rings. The number of benzene rings is 6. The Hall–Kier alpha value is -4.94. The molecule has 0 atom stereocenters. The average Bonchev–Trinajstić information content (AvgIpc) is 3.51. The van der Waals surface area contributed by atoms with Crippen molar-refractivity contribution < 1.29 is 0 Å². The lowest BCUT2D eigenvalue weighted by Crippen LogP contribution is -1.95. The lowest BCUT2D eigenvalue weighted by molar-refractivity contribution is 1.59. The Bertz CT molecular complexity index is 1990. The van der Waals surface area contributed by atoms with E-state index < -0.39 is 0 Å². The zero-order chi connectivity index (χ0) is 25.1. The lowest BCUT2D eigenvalue weighted by atomic mass is 9.85. The van der Waals surface area contributed by atoms with E-state index in [2.05, 4.69) is 146 Å². The highest BCUT2D eigenvalue weighted by atomic mass is 14.4. The van der Waals surface area contributed by atoms with Gasteiger partial charge in [-0.2, -0.15) is 0 Å². The number of hydrogen-bond acceptors (Lipinski definition) is 0. The van der Waals surface area contributed by atoms with E-state index in [4.69, 9.17) is 0 Å². The molecule has 0 radical (unpaired) electrons. The molecular weight excluding hydrogens is 456 g/mol. The second kappa shape index (κ2) is 8.30. The van der Waals surface area contributed by atoms with Crippen molar-refractivity contribution in [3.05, 3.63) is 173 Å². The summed E-state index contributed by atoms with van der Waals surface area (Å²) in [6.45, 7) is 0. The van der Waals surface area contributed by atoms with Gasteiger partial charge >= 0.3 is 0 Å². The lowest BCUT2D eigenvalue weighted by Gasteiger charge is -2.17. The number of hydrogen-bond donors (Lipinski definition) is 0. The fraction of sp³-hybridized carbons (Fsp3) is 0. The van der Waals surface area contributed by atoms with Crippen molar-refractivity contribution >= 4 is 49.9 Å². The maximum Gasteiger partial charge on any atom is -0.000763 e. The standard InChI is InChI=1S/C38H24/c1-2-14-27(15-3-1)35-36-31-21-9-6-16-28(31)24-34(36)37(32-22-10-17-25-12-4-7-19-29(25)32)38(35)33-23-11-18-26-13-5-8-20-30(26)33/h1-24H. The predicted molar refractivity (Wildman–Crippen MR) is 162 cm³/mol. The van der Waals surface area contributed by atoms with Crippen LogP contribution < -0.4 is 0 Å². The van der Waals surface area contributed by atoms with Crippen molar-refractivity contribution in [3.63, 3.8) is 0 Å². The quantitative estimate of drug-likeness (QED) is 0.236. The van der Waals surface area contributed by atoms with Gasteiger partial charge in [0, 0.05) is 0 Å². The molecule has 8 rings (SSSR count). The summed E-state index contributed by atoms with van der Waals surface area (Å²) in [5, 5.41) is 5.10. The molecule has 0 nitrogen and oxygen atoms in total. The Balaban J connectivity index is 1.57. The SMILES string of the molecule is C1=C2C(=C(c3ccccc3)C(c3cccc4ccccc34)=C2c2cccc3ccccc23)c2ccccc21. The molecule has 2 aliphatic carbocycles. The van der Waals surface area contributed by atoms with Gasteiger partial charge in [0.25, 0.3) is 0 Å². The van der Waals surface area contributed by atoms with E-state index in [9.17, 15) is 0 Å². The molecule has 0 amide bonds. The first kappa shape index (κ1) is 21.2. The van der Waals surface area contributed by atoms with Crippen LogP contribution in [0.25, 0.3) is 49.9 Å². The minimum Gasteiger partial charge on any atom is -0.0622 e. The molecule has 0 heterocycles. The highest BCUT2D eigenvalue weighted by molar-refractivity contribution is 6.39. The monoisotopic (exact) mass is 480 g/mol. The van der Waals surface area contributed by atoms with Gasteiger partial charge in [0.1, 0.15) is 0 Å². The molecule has 0 fully saturated rings. The van der Waals surface area contributed by atoms with Gasteiger partial charge in [-0.1, -0.05) is 140 Å². The maximum atomic E-state index is 2.41. The summed E-state index contributed by atoms with van der Waals surface area (Å²) in [4.78, 5) is 0. The molecule has 0 aromatic heterocycles. The van der Waals surface area contributed by atoms with Crippen molar-refractivity contribution in [2.75, 3.05) is 0 Å². The fourth-order valence-electron chi connectivity index (χ4n) is 6.40. The third-order valence-corrected chi connectivity index (χ3v) is 8.00. The Labute approximate surface area is 222 Å². The van der Waals surface area contributed by atoms with Crippen LogP contribution in [-0.2, 0) is 0 Å². The predicted octanol–water partition coefficient (Wildman–Crippen LogP) is 9.93. The number of rotatable bonds is 3. The Kier molecular flexibility index (Phi) is 4.62. The Morgan fingerprint density at radius 2 is 0.816 bits per heavy atom. The van der Waals surface area contributed by atoms with Crippen LogP contribution in [0.5, 0.6) is 0 Å². The van der Waals surface area contributed by atoms with E-state index in [1.54, 1.807) is 0 Å². The zero-order valence-electron chi connectivity index (χ0n) is 20.9. The van der Waals surface area contributed by atoms with E-state index in [0.717, 1.165) is 0 Å². The first-order chi connectivity index (χ1) is 18.9. The summed E-state index contributed by atoms with van der Waals surface area (Å²) >= 11 is 0. The first-order valence-corrected chi connectivity index (χ1v) is 13.2. The summed E-state index contributed by atoms with van der Waals surface area (Å²) in [6.07, 6.45) is 2.41. The van der Waals surface area contributed by atoms with Gasteiger partial charge in [-0.05, 0) is 83.3 Å². The van der Waals surface area contributed by atoms with E-state index in [0.29, 0.717) is 0 Å². The van der Waals surface area contributed by atoms with Crippen LogP contribution in [-0.4, -0.2) is 0 Å². The third-order valence-electron chi connectivity index (χ3n) is 8.00. The van der Waals surface area contributed by atoms with Gasteiger partial charge in [-0.3, -0.25) is 0 Å². The van der Waals surface area contributed by atoms with Crippen molar-refractivity contribution in [1.29, 1.82) is 0 Å². The van der Waals surface area contributed by atoms with E-state index >= 15 is 0 Å². The summed E-state index contributed by atoms with van der Waals surface area (Å²) in [7, 11) is 0. The maximum absolute atomic E-state index is 2.41. The smallest absolute Gasteiger partial charge is 0.000763 e. The molecule has 0 spiro atoms. The van der Waals surface area contributed by atoms with Crippen LogP contribution in [0.4, 0.5) is 0 Å². The molecular formula is C38H24. The van der Waals surface area contributed by atoms with Crippen molar-refractivity contribution in [1.82, 2.24) is 0 Å². The highest BCUT2D eigenvalue weighted by Crippen LogP contribution is 2.59. The van der Waals surface area contributed by atoms with Crippen LogP contribution in [0.15, 0.2) is 145 Å². The normalized spacial score (nSPS) is 14.3. The van der Waals surface area contributed by atoms with E-state index in [-0.39, 0.29) is 0 Å². The van der Waals surface area contributed by atoms with Gasteiger partial charge in [-0.15, -0.1) is 0 Å². The molecule has 0 bridgehead atoms. The Morgan fingerprint density at radius 1 is 0.316 bits per heavy atom. The molecule has 176 valence electrons. The van der Waals surface area contributed by atoms with Crippen LogP contribution in [0.3, 0.4) is 0 Å². The van der Waals surface area contributed by atoms with Gasteiger partial charge in [0.05, 0.1) is 0 Å². The van der Waals surface area contributed by atoms with Crippen LogP contribution >= 0.6 is 0 Å². The summed E-state index contributed by atoms with van der Waals surface area (Å²) in [6, 6.07) is 50.8.